The van der Waals surface area contributed by atoms with Gasteiger partial charge in [-0.15, -0.1) is 11.3 Å². The van der Waals surface area contributed by atoms with Gasteiger partial charge in [-0.05, 0) is 12.3 Å². The lowest BCUT2D eigenvalue weighted by Gasteiger charge is -2.02. The van der Waals surface area contributed by atoms with Crippen molar-refractivity contribution in [3.63, 3.8) is 0 Å². The third kappa shape index (κ3) is 2.39. The molecule has 1 aromatic heterocycles. The molecule has 0 N–H and O–H groups in total. The molecule has 0 saturated heterocycles. The highest BCUT2D eigenvalue weighted by Crippen LogP contribution is 2.10. The van der Waals surface area contributed by atoms with Gasteiger partial charge in [0, 0.05) is 10.7 Å². The summed E-state index contributed by atoms with van der Waals surface area (Å²) in [5.41, 5.74) is 3.10. The van der Waals surface area contributed by atoms with Gasteiger partial charge in [0.1, 0.15) is 0 Å². The molecule has 10 heavy (non-hydrogen) atoms. The Morgan fingerprint density at radius 1 is 1.80 bits per heavy atom. The minimum absolute atomic E-state index is 0.696. The molecule has 1 unspecified atom stereocenters. The third-order valence-corrected chi connectivity index (χ3v) is 3.05. The predicted octanol–water partition coefficient (Wildman–Crippen LogP) is 2.72. The molecule has 1 aromatic rings. The molecule has 1 nitrogen and oxygen atoms in total. The standard InChI is InChI=1S/C7H10BrNS/c1-6(3-8)2-7-4-10-5-9-7/h4-6H,2-3H2,1H3. The van der Waals surface area contributed by atoms with Crippen LogP contribution in [0.4, 0.5) is 0 Å². The smallest absolute Gasteiger partial charge is 0.0794 e. The van der Waals surface area contributed by atoms with E-state index < -0.39 is 0 Å². The normalized spacial score (nSPS) is 13.4. The molecule has 3 heteroatoms. The quantitative estimate of drug-likeness (QED) is 0.713. The summed E-state index contributed by atoms with van der Waals surface area (Å²) in [4.78, 5) is 4.20. The second-order valence-electron chi connectivity index (χ2n) is 2.44. The first-order chi connectivity index (χ1) is 4.83. The van der Waals surface area contributed by atoms with Gasteiger partial charge >= 0.3 is 0 Å². The van der Waals surface area contributed by atoms with E-state index in [9.17, 15) is 0 Å². The van der Waals surface area contributed by atoms with Crippen molar-refractivity contribution in [2.24, 2.45) is 5.92 Å². The van der Waals surface area contributed by atoms with E-state index in [-0.39, 0.29) is 0 Å². The van der Waals surface area contributed by atoms with Crippen LogP contribution in [-0.2, 0) is 6.42 Å². The van der Waals surface area contributed by atoms with Crippen molar-refractivity contribution in [2.75, 3.05) is 5.33 Å². The number of nitrogens with zero attached hydrogens (tertiary/aromatic N) is 1. The highest BCUT2D eigenvalue weighted by atomic mass is 79.9. The fourth-order valence-electron chi connectivity index (χ4n) is 0.750. The van der Waals surface area contributed by atoms with Crippen molar-refractivity contribution in [3.05, 3.63) is 16.6 Å². The summed E-state index contributed by atoms with van der Waals surface area (Å²) in [7, 11) is 0. The van der Waals surface area contributed by atoms with Gasteiger partial charge in [0.25, 0.3) is 0 Å². The molecular formula is C7H10BrNS. The van der Waals surface area contributed by atoms with Gasteiger partial charge in [0.15, 0.2) is 0 Å². The van der Waals surface area contributed by atoms with Crippen LogP contribution in [0.25, 0.3) is 0 Å². The van der Waals surface area contributed by atoms with Crippen LogP contribution in [-0.4, -0.2) is 10.3 Å². The Morgan fingerprint density at radius 2 is 2.60 bits per heavy atom. The summed E-state index contributed by atoms with van der Waals surface area (Å²) < 4.78 is 0. The molecule has 0 radical (unpaired) electrons. The SMILES string of the molecule is CC(CBr)Cc1cscn1. The second kappa shape index (κ2) is 4.09. The fraction of sp³-hybridized carbons (Fsp3) is 0.571. The van der Waals surface area contributed by atoms with E-state index in [4.69, 9.17) is 0 Å². The monoisotopic (exact) mass is 219 g/mol. The Hall–Kier alpha value is 0.110. The number of hydrogen-bond acceptors (Lipinski definition) is 2. The zero-order chi connectivity index (χ0) is 7.40. The van der Waals surface area contributed by atoms with Crippen LogP contribution in [0.15, 0.2) is 10.9 Å². The van der Waals surface area contributed by atoms with Crippen LogP contribution in [0.5, 0.6) is 0 Å². The molecule has 0 fully saturated rings. The average molecular weight is 220 g/mol. The van der Waals surface area contributed by atoms with Crippen LogP contribution in [0.3, 0.4) is 0 Å². The van der Waals surface area contributed by atoms with Crippen molar-refractivity contribution in [3.8, 4) is 0 Å². The van der Waals surface area contributed by atoms with Crippen LogP contribution in [0, 0.1) is 5.92 Å². The lowest BCUT2D eigenvalue weighted by atomic mass is 10.1. The topological polar surface area (TPSA) is 12.9 Å². The average Bonchev–Trinajstić information content (AvgIpc) is 2.40. The van der Waals surface area contributed by atoms with E-state index in [0.717, 1.165) is 11.8 Å². The molecule has 0 amide bonds. The largest absolute Gasteiger partial charge is 0.250 e. The van der Waals surface area contributed by atoms with Gasteiger partial charge in [-0.2, -0.15) is 0 Å². The van der Waals surface area contributed by atoms with Gasteiger partial charge < -0.3 is 0 Å². The van der Waals surface area contributed by atoms with E-state index in [2.05, 4.69) is 33.2 Å². The van der Waals surface area contributed by atoms with Crippen molar-refractivity contribution in [1.82, 2.24) is 4.98 Å². The molecule has 0 aliphatic heterocycles. The van der Waals surface area contributed by atoms with Crippen LogP contribution in [0.2, 0.25) is 0 Å². The maximum atomic E-state index is 4.20. The van der Waals surface area contributed by atoms with E-state index in [1.165, 1.54) is 5.69 Å². The summed E-state index contributed by atoms with van der Waals surface area (Å²) in [6.07, 6.45) is 1.09. The Balaban J connectivity index is 2.40. The first kappa shape index (κ1) is 8.21. The summed E-state index contributed by atoms with van der Waals surface area (Å²) >= 11 is 5.10. The summed E-state index contributed by atoms with van der Waals surface area (Å²) in [6, 6.07) is 0. The van der Waals surface area contributed by atoms with E-state index in [0.29, 0.717) is 5.92 Å². The summed E-state index contributed by atoms with van der Waals surface area (Å²) in [5.74, 6) is 0.696. The minimum atomic E-state index is 0.696. The van der Waals surface area contributed by atoms with E-state index >= 15 is 0 Å². The Morgan fingerprint density at radius 3 is 3.10 bits per heavy atom. The Labute approximate surface area is 73.6 Å². The van der Waals surface area contributed by atoms with Gasteiger partial charge in [-0.1, -0.05) is 22.9 Å². The number of rotatable bonds is 3. The molecule has 0 bridgehead atoms. The maximum absolute atomic E-state index is 4.20. The summed E-state index contributed by atoms with van der Waals surface area (Å²) in [6.45, 7) is 2.22. The molecule has 56 valence electrons. The zero-order valence-electron chi connectivity index (χ0n) is 5.88. The Bertz CT molecular complexity index is 174. The number of halogens is 1. The van der Waals surface area contributed by atoms with Crippen LogP contribution >= 0.6 is 27.3 Å². The predicted molar refractivity (Wildman–Crippen MR) is 48.8 cm³/mol. The highest BCUT2D eigenvalue weighted by molar-refractivity contribution is 9.09. The molecule has 1 rings (SSSR count). The summed E-state index contributed by atoms with van der Waals surface area (Å²) in [5, 5.41) is 3.17. The van der Waals surface area contributed by atoms with Crippen molar-refractivity contribution in [2.45, 2.75) is 13.3 Å². The molecular weight excluding hydrogens is 210 g/mol. The van der Waals surface area contributed by atoms with Crippen LogP contribution < -0.4 is 0 Å². The zero-order valence-corrected chi connectivity index (χ0v) is 8.28. The van der Waals surface area contributed by atoms with E-state index in [1.807, 2.05) is 5.51 Å². The van der Waals surface area contributed by atoms with Crippen molar-refractivity contribution >= 4 is 27.3 Å². The van der Waals surface area contributed by atoms with Gasteiger partial charge in [-0.25, -0.2) is 4.98 Å². The Kier molecular flexibility index (Phi) is 3.35. The van der Waals surface area contributed by atoms with E-state index in [1.54, 1.807) is 11.3 Å². The van der Waals surface area contributed by atoms with Gasteiger partial charge in [0.05, 0.1) is 11.2 Å². The first-order valence-corrected chi connectivity index (χ1v) is 5.32. The molecule has 0 saturated carbocycles. The first-order valence-electron chi connectivity index (χ1n) is 3.26. The van der Waals surface area contributed by atoms with Crippen molar-refractivity contribution < 1.29 is 0 Å². The number of thiazole rings is 1. The lowest BCUT2D eigenvalue weighted by molar-refractivity contribution is 0.653. The minimum Gasteiger partial charge on any atom is -0.250 e. The molecule has 0 aromatic carbocycles. The third-order valence-electron chi connectivity index (χ3n) is 1.30. The van der Waals surface area contributed by atoms with Crippen molar-refractivity contribution in [1.29, 1.82) is 0 Å². The van der Waals surface area contributed by atoms with Gasteiger partial charge in [-0.3, -0.25) is 0 Å². The molecule has 0 aliphatic carbocycles. The molecule has 1 heterocycles. The van der Waals surface area contributed by atoms with Crippen LogP contribution in [0.1, 0.15) is 12.6 Å². The van der Waals surface area contributed by atoms with Gasteiger partial charge in [0.2, 0.25) is 0 Å². The lowest BCUT2D eigenvalue weighted by Crippen LogP contribution is -2.00. The second-order valence-corrected chi connectivity index (χ2v) is 3.81. The number of alkyl halides is 1. The molecule has 1 atom stereocenters. The maximum Gasteiger partial charge on any atom is 0.0794 e. The number of aromatic nitrogens is 1. The molecule has 0 spiro atoms. The number of hydrogen-bond donors (Lipinski definition) is 0. The highest BCUT2D eigenvalue weighted by Gasteiger charge is 2.01. The molecule has 0 aliphatic rings. The fourth-order valence-corrected chi connectivity index (χ4v) is 1.55.